The molecule has 6 N–H and O–H groups in total. The highest BCUT2D eigenvalue weighted by Crippen LogP contribution is 2.43. The van der Waals surface area contributed by atoms with E-state index in [0.717, 1.165) is 29.7 Å². The lowest BCUT2D eigenvalue weighted by molar-refractivity contribution is -0.292. The number of aromatic nitrogens is 2. The van der Waals surface area contributed by atoms with E-state index in [2.05, 4.69) is 26.3 Å². The van der Waals surface area contributed by atoms with E-state index in [0.29, 0.717) is 43.4 Å². The number of aryl methyl sites for hydroxylation is 1. The first-order valence-electron chi connectivity index (χ1n) is 18.6. The average Bonchev–Trinajstić information content (AvgIpc) is 3.60. The molecule has 4 aromatic rings. The first kappa shape index (κ1) is 42.6. The molecule has 57 heavy (non-hydrogen) atoms. The van der Waals surface area contributed by atoms with Gasteiger partial charge >= 0.3 is 18.2 Å². The van der Waals surface area contributed by atoms with Crippen LogP contribution < -0.4 is 21.3 Å². The van der Waals surface area contributed by atoms with Gasteiger partial charge in [-0.3, -0.25) is 14.4 Å². The van der Waals surface area contributed by atoms with Gasteiger partial charge in [0.05, 0.1) is 11.0 Å². The summed E-state index contributed by atoms with van der Waals surface area (Å²) < 4.78 is 66.9. The minimum atomic E-state index is -5.87. The number of nitrogens with one attached hydrogen (secondary N) is 5. The molecule has 1 fully saturated rings. The number of alkyl halides is 5. The molecule has 12 nitrogen and oxygen atoms in total. The zero-order chi connectivity index (χ0) is 41.5. The molecular weight excluding hydrogens is 753 g/mol. The maximum atomic E-state index is 14.0. The summed E-state index contributed by atoms with van der Waals surface area (Å²) >= 11 is 0. The number of benzene rings is 3. The lowest BCUT2D eigenvalue weighted by atomic mass is 9.81. The molecule has 17 heteroatoms. The van der Waals surface area contributed by atoms with Crippen molar-refractivity contribution < 1.29 is 46.2 Å². The predicted octanol–water partition coefficient (Wildman–Crippen LogP) is 6.61. The number of anilines is 1. The quantitative estimate of drug-likeness (QED) is 0.0581. The summed E-state index contributed by atoms with van der Waals surface area (Å²) in [5.41, 5.74) is 3.60. The summed E-state index contributed by atoms with van der Waals surface area (Å²) in [6.45, 7) is 3.59. The minimum Gasteiger partial charge on any atom is -0.465 e. The van der Waals surface area contributed by atoms with Gasteiger partial charge in [-0.15, -0.1) is 0 Å². The summed E-state index contributed by atoms with van der Waals surface area (Å²) in [6.07, 6.45) is -3.93. The maximum absolute atomic E-state index is 14.0. The molecule has 0 aliphatic heterocycles. The predicted molar refractivity (Wildman–Crippen MR) is 204 cm³/mol. The maximum Gasteiger partial charge on any atom is 0.461 e. The molecule has 306 valence electrons. The molecule has 1 aliphatic carbocycles. The number of amides is 4. The number of carbonyl (C=O) groups is 4. The Morgan fingerprint density at radius 2 is 1.63 bits per heavy atom. The molecule has 5 rings (SSSR count). The van der Waals surface area contributed by atoms with Crippen molar-refractivity contribution in [2.24, 2.45) is 11.8 Å². The second-order valence-electron chi connectivity index (χ2n) is 14.7. The van der Waals surface area contributed by atoms with Crippen LogP contribution in [0.25, 0.3) is 22.2 Å². The molecule has 1 aromatic heterocycles. The van der Waals surface area contributed by atoms with Gasteiger partial charge in [-0.2, -0.15) is 22.0 Å². The van der Waals surface area contributed by atoms with Crippen LogP contribution in [0.3, 0.4) is 0 Å². The van der Waals surface area contributed by atoms with Crippen molar-refractivity contribution in [1.82, 2.24) is 30.8 Å². The van der Waals surface area contributed by atoms with Gasteiger partial charge in [-0.1, -0.05) is 30.3 Å². The van der Waals surface area contributed by atoms with Crippen molar-refractivity contribution >= 4 is 40.5 Å². The fourth-order valence-electron chi connectivity index (χ4n) is 6.84. The number of rotatable bonds is 15. The molecule has 0 radical (unpaired) electrons. The Labute approximate surface area is 326 Å². The average molecular weight is 800 g/mol. The Kier molecular flexibility index (Phi) is 13.5. The third kappa shape index (κ3) is 11.1. The van der Waals surface area contributed by atoms with Gasteiger partial charge < -0.3 is 36.3 Å². The summed E-state index contributed by atoms with van der Waals surface area (Å²) in [4.78, 5) is 58.4. The van der Waals surface area contributed by atoms with Crippen molar-refractivity contribution in [3.63, 3.8) is 0 Å². The molecule has 0 saturated heterocycles. The molecule has 1 heterocycles. The van der Waals surface area contributed by atoms with Crippen LogP contribution in [0.15, 0.2) is 60.7 Å². The van der Waals surface area contributed by atoms with Crippen LogP contribution in [0, 0.1) is 18.8 Å². The highest BCUT2D eigenvalue weighted by atomic mass is 19.4. The van der Waals surface area contributed by atoms with Crippen molar-refractivity contribution in [3.05, 3.63) is 83.2 Å². The minimum absolute atomic E-state index is 0.0515. The van der Waals surface area contributed by atoms with Gasteiger partial charge in [0.15, 0.2) is 5.82 Å². The van der Waals surface area contributed by atoms with Crippen LogP contribution in [0.2, 0.25) is 0 Å². The van der Waals surface area contributed by atoms with Crippen LogP contribution in [-0.4, -0.2) is 89.7 Å². The first-order valence-corrected chi connectivity index (χ1v) is 18.6. The second kappa shape index (κ2) is 18.1. The largest absolute Gasteiger partial charge is 0.465 e. The van der Waals surface area contributed by atoms with Crippen LogP contribution in [0.1, 0.15) is 59.4 Å². The molecular formula is C40H46F5N7O5. The highest BCUT2D eigenvalue weighted by molar-refractivity contribution is 5.99. The number of hydrogen-bond acceptors (Lipinski definition) is 6. The zero-order valence-corrected chi connectivity index (χ0v) is 31.7. The Bertz CT molecular complexity index is 2060. The fourth-order valence-corrected chi connectivity index (χ4v) is 6.84. The van der Waals surface area contributed by atoms with Crippen molar-refractivity contribution in [1.29, 1.82) is 0 Å². The van der Waals surface area contributed by atoms with Gasteiger partial charge in [-0.05, 0) is 118 Å². The van der Waals surface area contributed by atoms with Gasteiger partial charge in [0.1, 0.15) is 6.04 Å². The summed E-state index contributed by atoms with van der Waals surface area (Å²) in [5, 5.41) is 19.7. The molecule has 1 atom stereocenters. The number of H-pyrrole nitrogens is 1. The highest BCUT2D eigenvalue weighted by Gasteiger charge is 2.61. The van der Waals surface area contributed by atoms with Gasteiger partial charge in [0.25, 0.3) is 5.91 Å². The molecule has 1 saturated carbocycles. The van der Waals surface area contributed by atoms with E-state index in [1.165, 1.54) is 18.2 Å². The number of aromatic amines is 1. The van der Waals surface area contributed by atoms with Gasteiger partial charge in [-0.25, -0.2) is 9.78 Å². The van der Waals surface area contributed by atoms with Crippen molar-refractivity contribution in [3.8, 4) is 11.1 Å². The van der Waals surface area contributed by atoms with Gasteiger partial charge in [0.2, 0.25) is 11.8 Å². The third-order valence-corrected chi connectivity index (χ3v) is 10.1. The number of carboxylic acid groups (broad SMARTS) is 1. The smallest absolute Gasteiger partial charge is 0.461 e. The van der Waals surface area contributed by atoms with E-state index in [9.17, 15) is 41.1 Å². The number of carbonyl (C=O) groups excluding carboxylic acids is 3. The van der Waals surface area contributed by atoms with E-state index in [-0.39, 0.29) is 47.4 Å². The Hall–Kier alpha value is -5.58. The Morgan fingerprint density at radius 3 is 2.26 bits per heavy atom. The SMILES string of the molecule is Cc1cc(C(=O)NCCCN(C)C)ccc1-c1ccc(C[C@H](NC(=O)C2CCC(CNC(=O)O)CC2)C(=O)Nc2ccc3nc(C(F)(F)C(F)(F)F)[nH]c3c2)cc1. The second-order valence-corrected chi connectivity index (χ2v) is 14.7. The Morgan fingerprint density at radius 1 is 0.930 bits per heavy atom. The number of imidazole rings is 1. The van der Waals surface area contributed by atoms with Crippen LogP contribution >= 0.6 is 0 Å². The topological polar surface area (TPSA) is 169 Å². The summed E-state index contributed by atoms with van der Waals surface area (Å²) in [7, 11) is 3.94. The van der Waals surface area contributed by atoms with Crippen molar-refractivity contribution in [2.45, 2.75) is 63.6 Å². The van der Waals surface area contributed by atoms with E-state index >= 15 is 0 Å². The lowest BCUT2D eigenvalue weighted by Gasteiger charge is -2.29. The van der Waals surface area contributed by atoms with Crippen molar-refractivity contribution in [2.75, 3.05) is 39.0 Å². The van der Waals surface area contributed by atoms with Gasteiger partial charge in [0, 0.05) is 36.7 Å². The molecule has 0 unspecified atom stereocenters. The van der Waals surface area contributed by atoms with E-state index in [1.54, 1.807) is 6.07 Å². The molecule has 3 aromatic carbocycles. The van der Waals surface area contributed by atoms with E-state index in [1.807, 2.05) is 67.3 Å². The first-order chi connectivity index (χ1) is 26.9. The van der Waals surface area contributed by atoms with Crippen LogP contribution in [0.5, 0.6) is 0 Å². The van der Waals surface area contributed by atoms with Crippen LogP contribution in [0.4, 0.5) is 32.4 Å². The monoisotopic (exact) mass is 799 g/mol. The van der Waals surface area contributed by atoms with E-state index in [4.69, 9.17) is 5.11 Å². The normalized spacial score (nSPS) is 16.6. The molecule has 1 aliphatic rings. The molecule has 0 spiro atoms. The zero-order valence-electron chi connectivity index (χ0n) is 31.7. The summed E-state index contributed by atoms with van der Waals surface area (Å²) in [6, 6.07) is 15.4. The lowest BCUT2D eigenvalue weighted by Crippen LogP contribution is -2.48. The Balaban J connectivity index is 1.31. The summed E-state index contributed by atoms with van der Waals surface area (Å²) in [5.74, 6) is -8.34. The fraction of sp³-hybridized carbons (Fsp3) is 0.425. The third-order valence-electron chi connectivity index (χ3n) is 10.1. The molecule has 0 bridgehead atoms. The molecule has 4 amide bonds. The number of fused-ring (bicyclic) bond motifs is 1. The van der Waals surface area contributed by atoms with Crippen LogP contribution in [-0.2, 0) is 21.9 Å². The number of halogens is 5. The number of hydrogen-bond donors (Lipinski definition) is 6. The number of nitrogens with zero attached hydrogens (tertiary/aromatic N) is 2. The standard InChI is InChI=1S/C40H46F5N7O5/c1-23-19-28(34(53)46-17-4-18-52(2)3)13-15-30(23)26-9-5-24(6-10-26)20-33(49-35(54)27-11-7-25(8-12-27)22-47-38(56)57)36(55)48-29-14-16-31-32(21-29)51-37(50-31)39(41,42)40(43,44)45/h5-6,9-10,13-16,19,21,25,27,33,47H,4,7-8,11-12,17-18,20,22H2,1-3H3,(H,46,53)(H,48,55)(H,49,54)(H,50,51)(H,56,57)/t25?,27?,33-/m0/s1. The van der Waals surface area contributed by atoms with E-state index < -0.39 is 41.9 Å².